The Morgan fingerprint density at radius 2 is 1.70 bits per heavy atom. The van der Waals surface area contributed by atoms with E-state index in [1.807, 2.05) is 35.0 Å². The summed E-state index contributed by atoms with van der Waals surface area (Å²) < 4.78 is 1.95. The van der Waals surface area contributed by atoms with E-state index >= 15 is 0 Å². The van der Waals surface area contributed by atoms with Crippen molar-refractivity contribution in [1.82, 2.24) is 14.8 Å². The topological polar surface area (TPSA) is 30.7 Å². The van der Waals surface area contributed by atoms with Gasteiger partial charge in [-0.3, -0.25) is 0 Å². The zero-order valence-electron chi connectivity index (χ0n) is 15.7. The summed E-state index contributed by atoms with van der Waals surface area (Å²) in [5.74, 6) is 1.78. The molecule has 1 aromatic heterocycles. The van der Waals surface area contributed by atoms with Crippen molar-refractivity contribution in [3.63, 3.8) is 0 Å². The molecule has 0 saturated heterocycles. The van der Waals surface area contributed by atoms with Crippen molar-refractivity contribution in [2.24, 2.45) is 0 Å². The minimum atomic E-state index is 0.572. The lowest BCUT2D eigenvalue weighted by molar-refractivity contribution is 0.614. The molecule has 0 spiro atoms. The molecule has 142 valence electrons. The molecule has 1 heterocycles. The van der Waals surface area contributed by atoms with Crippen LogP contribution in [0.3, 0.4) is 0 Å². The average Bonchev–Trinajstić information content (AvgIpc) is 3.07. The van der Waals surface area contributed by atoms with E-state index < -0.39 is 0 Å². The Kier molecular flexibility index (Phi) is 7.31. The second kappa shape index (κ2) is 9.91. The second-order valence-corrected chi connectivity index (χ2v) is 7.62. The van der Waals surface area contributed by atoms with Crippen molar-refractivity contribution in [1.29, 1.82) is 0 Å². The van der Waals surface area contributed by atoms with Crippen molar-refractivity contribution in [3.05, 3.63) is 70.0 Å². The van der Waals surface area contributed by atoms with Crippen LogP contribution in [0.2, 0.25) is 10.0 Å². The third-order valence-corrected chi connectivity index (χ3v) is 5.17. The highest BCUT2D eigenvalue weighted by atomic mass is 35.5. The lowest BCUT2D eigenvalue weighted by Crippen LogP contribution is -2.05. The maximum absolute atomic E-state index is 6.37. The highest BCUT2D eigenvalue weighted by molar-refractivity contribution is 6.35. The SMILES string of the molecule is CCCCCCCc1nc(-c2ccccc2)n(Cc2ccc(Cl)cc2Cl)n1. The molecule has 0 fully saturated rings. The van der Waals surface area contributed by atoms with Crippen molar-refractivity contribution in [3.8, 4) is 11.4 Å². The minimum absolute atomic E-state index is 0.572. The van der Waals surface area contributed by atoms with E-state index in [9.17, 15) is 0 Å². The molecular weight excluding hydrogens is 377 g/mol. The Morgan fingerprint density at radius 3 is 2.44 bits per heavy atom. The van der Waals surface area contributed by atoms with Gasteiger partial charge in [-0.1, -0.05) is 92.2 Å². The van der Waals surface area contributed by atoms with Gasteiger partial charge < -0.3 is 0 Å². The molecule has 0 atom stereocenters. The third kappa shape index (κ3) is 5.57. The second-order valence-electron chi connectivity index (χ2n) is 6.78. The summed E-state index contributed by atoms with van der Waals surface area (Å²) in [5.41, 5.74) is 2.05. The molecule has 0 aliphatic carbocycles. The molecule has 0 radical (unpaired) electrons. The Hall–Kier alpha value is -1.84. The van der Waals surface area contributed by atoms with Crippen LogP contribution >= 0.6 is 23.2 Å². The van der Waals surface area contributed by atoms with Crippen LogP contribution in [-0.2, 0) is 13.0 Å². The fourth-order valence-electron chi connectivity index (χ4n) is 3.10. The normalized spacial score (nSPS) is 11.1. The lowest BCUT2D eigenvalue weighted by Gasteiger charge is -2.08. The van der Waals surface area contributed by atoms with Gasteiger partial charge in [-0.2, -0.15) is 5.10 Å². The first-order chi connectivity index (χ1) is 13.2. The molecule has 3 nitrogen and oxygen atoms in total. The maximum Gasteiger partial charge on any atom is 0.158 e. The fourth-order valence-corrected chi connectivity index (χ4v) is 3.57. The first-order valence-corrected chi connectivity index (χ1v) is 10.4. The van der Waals surface area contributed by atoms with Crippen LogP contribution in [0.15, 0.2) is 48.5 Å². The first kappa shape index (κ1) is 19.9. The summed E-state index contributed by atoms with van der Waals surface area (Å²) in [6.07, 6.45) is 7.10. The number of hydrogen-bond acceptors (Lipinski definition) is 2. The van der Waals surface area contributed by atoms with Crippen LogP contribution in [0.5, 0.6) is 0 Å². The minimum Gasteiger partial charge on any atom is -0.241 e. The van der Waals surface area contributed by atoms with Crippen LogP contribution in [-0.4, -0.2) is 14.8 Å². The van der Waals surface area contributed by atoms with E-state index in [-0.39, 0.29) is 0 Å². The van der Waals surface area contributed by atoms with Gasteiger partial charge in [0, 0.05) is 22.0 Å². The number of rotatable bonds is 9. The Labute approximate surface area is 171 Å². The Balaban J connectivity index is 1.82. The summed E-state index contributed by atoms with van der Waals surface area (Å²) in [7, 11) is 0. The standard InChI is InChI=1S/C22H25Cl2N3/c1-2-3-4-5-9-12-21-25-22(17-10-7-6-8-11-17)27(26-21)16-18-13-14-19(23)15-20(18)24/h6-8,10-11,13-15H,2-5,9,12,16H2,1H3. The van der Waals surface area contributed by atoms with E-state index in [1.54, 1.807) is 6.07 Å². The van der Waals surface area contributed by atoms with Crippen LogP contribution in [0.25, 0.3) is 11.4 Å². The van der Waals surface area contributed by atoms with Crippen LogP contribution in [0, 0.1) is 0 Å². The van der Waals surface area contributed by atoms with Gasteiger partial charge in [-0.05, 0) is 24.1 Å². The van der Waals surface area contributed by atoms with Crippen LogP contribution in [0.4, 0.5) is 0 Å². The lowest BCUT2D eigenvalue weighted by atomic mass is 10.1. The van der Waals surface area contributed by atoms with E-state index in [4.69, 9.17) is 33.3 Å². The van der Waals surface area contributed by atoms with Gasteiger partial charge in [0.25, 0.3) is 0 Å². The third-order valence-electron chi connectivity index (χ3n) is 4.59. The van der Waals surface area contributed by atoms with Crippen LogP contribution < -0.4 is 0 Å². The van der Waals surface area contributed by atoms with Gasteiger partial charge in [0.15, 0.2) is 11.6 Å². The smallest absolute Gasteiger partial charge is 0.158 e. The van der Waals surface area contributed by atoms with Crippen molar-refractivity contribution >= 4 is 23.2 Å². The quantitative estimate of drug-likeness (QED) is 0.368. The predicted octanol–water partition coefficient (Wildman–Crippen LogP) is 6.81. The van der Waals surface area contributed by atoms with Crippen LogP contribution in [0.1, 0.15) is 50.4 Å². The molecule has 0 unspecified atom stereocenters. The first-order valence-electron chi connectivity index (χ1n) is 9.60. The van der Waals surface area contributed by atoms with E-state index in [1.165, 1.54) is 25.7 Å². The zero-order chi connectivity index (χ0) is 19.1. The molecule has 3 rings (SSSR count). The molecule has 0 aliphatic heterocycles. The number of aryl methyl sites for hydroxylation is 1. The summed E-state index contributed by atoms with van der Waals surface area (Å²) in [5, 5.41) is 6.07. The molecule has 0 N–H and O–H groups in total. The Bertz CT molecular complexity index is 859. The van der Waals surface area contributed by atoms with E-state index in [0.29, 0.717) is 16.6 Å². The highest BCUT2D eigenvalue weighted by Gasteiger charge is 2.13. The molecule has 0 aliphatic rings. The number of benzene rings is 2. The number of hydrogen-bond donors (Lipinski definition) is 0. The molecule has 27 heavy (non-hydrogen) atoms. The predicted molar refractivity (Wildman–Crippen MR) is 113 cm³/mol. The van der Waals surface area contributed by atoms with Gasteiger partial charge in [0.05, 0.1) is 6.54 Å². The molecule has 0 bridgehead atoms. The molecule has 0 amide bonds. The van der Waals surface area contributed by atoms with Crippen molar-refractivity contribution in [2.45, 2.75) is 52.0 Å². The number of halogens is 2. The van der Waals surface area contributed by atoms with Gasteiger partial charge in [-0.15, -0.1) is 0 Å². The van der Waals surface area contributed by atoms with Gasteiger partial charge >= 0.3 is 0 Å². The monoisotopic (exact) mass is 401 g/mol. The highest BCUT2D eigenvalue weighted by Crippen LogP contribution is 2.24. The number of nitrogens with zero attached hydrogens (tertiary/aromatic N) is 3. The summed E-state index contributed by atoms with van der Waals surface area (Å²) in [4.78, 5) is 4.82. The summed E-state index contributed by atoms with van der Waals surface area (Å²) in [6, 6.07) is 15.8. The zero-order valence-corrected chi connectivity index (χ0v) is 17.2. The molecule has 0 saturated carbocycles. The maximum atomic E-state index is 6.37. The summed E-state index contributed by atoms with van der Waals surface area (Å²) in [6.45, 7) is 2.81. The summed E-state index contributed by atoms with van der Waals surface area (Å²) >= 11 is 12.4. The van der Waals surface area contributed by atoms with Crippen molar-refractivity contribution in [2.75, 3.05) is 0 Å². The molecular formula is C22H25Cl2N3. The molecule has 5 heteroatoms. The van der Waals surface area contributed by atoms with Crippen molar-refractivity contribution < 1.29 is 0 Å². The fraction of sp³-hybridized carbons (Fsp3) is 0.364. The van der Waals surface area contributed by atoms with Gasteiger partial charge in [0.2, 0.25) is 0 Å². The molecule has 2 aromatic carbocycles. The van der Waals surface area contributed by atoms with Gasteiger partial charge in [0.1, 0.15) is 0 Å². The van der Waals surface area contributed by atoms with E-state index in [2.05, 4.69) is 19.1 Å². The van der Waals surface area contributed by atoms with Gasteiger partial charge in [-0.25, -0.2) is 9.67 Å². The Morgan fingerprint density at radius 1 is 0.926 bits per heavy atom. The number of unbranched alkanes of at least 4 members (excludes halogenated alkanes) is 4. The number of aromatic nitrogens is 3. The molecule has 3 aromatic rings. The average molecular weight is 402 g/mol. The largest absolute Gasteiger partial charge is 0.241 e. The van der Waals surface area contributed by atoms with E-state index in [0.717, 1.165) is 35.6 Å².